The van der Waals surface area contributed by atoms with Crippen LogP contribution in [-0.4, -0.2) is 11.7 Å². The van der Waals surface area contributed by atoms with Crippen LogP contribution in [0.3, 0.4) is 0 Å². The number of primary amides is 1. The van der Waals surface area contributed by atoms with Gasteiger partial charge < -0.3 is 5.73 Å². The van der Waals surface area contributed by atoms with Crippen molar-refractivity contribution in [3.8, 4) is 0 Å². The second-order valence-corrected chi connectivity index (χ2v) is 3.09. The Balaban J connectivity index is 2.52. The molecule has 1 fully saturated rings. The van der Waals surface area contributed by atoms with Crippen molar-refractivity contribution in [2.45, 2.75) is 32.1 Å². The molecule has 1 saturated carbocycles. The third kappa shape index (κ3) is 2.33. The van der Waals surface area contributed by atoms with E-state index in [9.17, 15) is 9.59 Å². The number of Topliss-reactive ketones (excluding diaryl/α,β-unsaturated/α-hetero) is 1. The molecule has 0 saturated heterocycles. The summed E-state index contributed by atoms with van der Waals surface area (Å²) in [6, 6.07) is 0. The number of carbonyl (C=O) groups excluding carboxylic acids is 2. The monoisotopic (exact) mass is 155 g/mol. The van der Waals surface area contributed by atoms with E-state index in [1.807, 2.05) is 0 Å². The van der Waals surface area contributed by atoms with Gasteiger partial charge in [-0.2, -0.15) is 0 Å². The second kappa shape index (κ2) is 3.51. The zero-order valence-corrected chi connectivity index (χ0v) is 6.51. The fourth-order valence-corrected chi connectivity index (χ4v) is 1.43. The van der Waals surface area contributed by atoms with Crippen molar-refractivity contribution >= 4 is 11.7 Å². The first-order valence-corrected chi connectivity index (χ1v) is 4.01. The molecule has 0 radical (unpaired) electrons. The predicted molar refractivity (Wildman–Crippen MR) is 40.8 cm³/mol. The topological polar surface area (TPSA) is 60.2 Å². The number of ketones is 1. The number of hydrogen-bond donors (Lipinski definition) is 1. The van der Waals surface area contributed by atoms with E-state index in [4.69, 9.17) is 5.73 Å². The number of amides is 1. The smallest absolute Gasteiger partial charge is 0.220 e. The average Bonchev–Trinajstić information content (AvgIpc) is 2.13. The Hall–Kier alpha value is -0.860. The Kier molecular flexibility index (Phi) is 2.63. The maximum absolute atomic E-state index is 11.0. The normalized spacial score (nSPS) is 26.2. The van der Waals surface area contributed by atoms with Crippen LogP contribution in [0.15, 0.2) is 0 Å². The zero-order chi connectivity index (χ0) is 8.27. The number of nitrogens with two attached hydrogens (primary N) is 1. The molecular formula is C8H13NO2. The Morgan fingerprint density at radius 3 is 2.82 bits per heavy atom. The van der Waals surface area contributed by atoms with Gasteiger partial charge in [-0.1, -0.05) is 6.42 Å². The third-order valence-corrected chi connectivity index (χ3v) is 2.13. The van der Waals surface area contributed by atoms with Gasteiger partial charge in [0.05, 0.1) is 0 Å². The van der Waals surface area contributed by atoms with E-state index in [0.717, 1.165) is 19.3 Å². The van der Waals surface area contributed by atoms with Crippen LogP contribution in [0.1, 0.15) is 32.1 Å². The van der Waals surface area contributed by atoms with Gasteiger partial charge in [0.2, 0.25) is 5.91 Å². The van der Waals surface area contributed by atoms with Crippen molar-refractivity contribution in [1.82, 2.24) is 0 Å². The van der Waals surface area contributed by atoms with Gasteiger partial charge in [-0.3, -0.25) is 9.59 Å². The summed E-state index contributed by atoms with van der Waals surface area (Å²) < 4.78 is 0. The Morgan fingerprint density at radius 2 is 2.18 bits per heavy atom. The van der Waals surface area contributed by atoms with E-state index in [2.05, 4.69) is 0 Å². The van der Waals surface area contributed by atoms with Gasteiger partial charge in [0.15, 0.2) is 0 Å². The average molecular weight is 155 g/mol. The minimum atomic E-state index is -0.319. The molecule has 1 aliphatic carbocycles. The Labute approximate surface area is 66.0 Å². The number of carbonyl (C=O) groups is 2. The summed E-state index contributed by atoms with van der Waals surface area (Å²) >= 11 is 0. The maximum Gasteiger partial charge on any atom is 0.220 e. The fraction of sp³-hybridized carbons (Fsp3) is 0.750. The molecule has 1 atom stereocenters. The van der Waals surface area contributed by atoms with Crippen LogP contribution in [0.25, 0.3) is 0 Å². The molecule has 3 nitrogen and oxygen atoms in total. The standard InChI is InChI=1S/C8H13NO2/c9-8(11)6-3-1-2-4-7(10)5-6/h6H,1-5H2,(H2,9,11). The van der Waals surface area contributed by atoms with E-state index in [0.29, 0.717) is 12.8 Å². The quantitative estimate of drug-likeness (QED) is 0.564. The summed E-state index contributed by atoms with van der Waals surface area (Å²) in [5.41, 5.74) is 5.11. The van der Waals surface area contributed by atoms with Gasteiger partial charge >= 0.3 is 0 Å². The van der Waals surface area contributed by atoms with E-state index in [-0.39, 0.29) is 17.6 Å². The van der Waals surface area contributed by atoms with Gasteiger partial charge in [-0.05, 0) is 12.8 Å². The lowest BCUT2D eigenvalue weighted by Crippen LogP contribution is -2.24. The first-order valence-electron chi connectivity index (χ1n) is 4.01. The lowest BCUT2D eigenvalue weighted by molar-refractivity contribution is -0.126. The summed E-state index contributed by atoms with van der Waals surface area (Å²) in [5.74, 6) is -0.323. The highest BCUT2D eigenvalue weighted by Gasteiger charge is 2.21. The minimum absolute atomic E-state index is 0.186. The van der Waals surface area contributed by atoms with Crippen LogP contribution < -0.4 is 5.73 Å². The molecule has 0 aromatic rings. The molecule has 0 spiro atoms. The van der Waals surface area contributed by atoms with E-state index in [1.165, 1.54) is 0 Å². The van der Waals surface area contributed by atoms with E-state index >= 15 is 0 Å². The Bertz CT molecular complexity index is 177. The molecule has 1 rings (SSSR count). The fourth-order valence-electron chi connectivity index (χ4n) is 1.43. The number of hydrogen-bond acceptors (Lipinski definition) is 2. The summed E-state index contributed by atoms with van der Waals surface area (Å²) in [6.07, 6.45) is 3.67. The zero-order valence-electron chi connectivity index (χ0n) is 6.51. The largest absolute Gasteiger partial charge is 0.369 e. The molecule has 0 aromatic heterocycles. The SMILES string of the molecule is NC(=O)C1CCCCC(=O)C1. The van der Waals surface area contributed by atoms with Gasteiger partial charge in [-0.25, -0.2) is 0 Å². The highest BCUT2D eigenvalue weighted by molar-refractivity contribution is 5.86. The minimum Gasteiger partial charge on any atom is -0.369 e. The summed E-state index contributed by atoms with van der Waals surface area (Å²) in [6.45, 7) is 0. The summed E-state index contributed by atoms with van der Waals surface area (Å²) in [4.78, 5) is 21.7. The van der Waals surface area contributed by atoms with Crippen LogP contribution in [0.2, 0.25) is 0 Å². The van der Waals surface area contributed by atoms with Crippen LogP contribution in [0, 0.1) is 5.92 Å². The summed E-state index contributed by atoms with van der Waals surface area (Å²) in [7, 11) is 0. The molecule has 1 unspecified atom stereocenters. The predicted octanol–water partition coefficient (Wildman–Crippen LogP) is 0.621. The highest BCUT2D eigenvalue weighted by atomic mass is 16.1. The molecule has 1 aliphatic rings. The van der Waals surface area contributed by atoms with Gasteiger partial charge in [0, 0.05) is 18.8 Å². The van der Waals surface area contributed by atoms with Crippen molar-refractivity contribution in [3.63, 3.8) is 0 Å². The molecule has 0 heterocycles. The molecule has 0 bridgehead atoms. The maximum atomic E-state index is 11.0. The molecular weight excluding hydrogens is 142 g/mol. The molecule has 11 heavy (non-hydrogen) atoms. The van der Waals surface area contributed by atoms with Gasteiger partial charge in [0.25, 0.3) is 0 Å². The summed E-state index contributed by atoms with van der Waals surface area (Å²) in [5, 5.41) is 0. The van der Waals surface area contributed by atoms with Crippen LogP contribution in [0.4, 0.5) is 0 Å². The second-order valence-electron chi connectivity index (χ2n) is 3.09. The number of rotatable bonds is 1. The Morgan fingerprint density at radius 1 is 1.45 bits per heavy atom. The van der Waals surface area contributed by atoms with Crippen LogP contribution in [0.5, 0.6) is 0 Å². The van der Waals surface area contributed by atoms with Crippen LogP contribution >= 0.6 is 0 Å². The van der Waals surface area contributed by atoms with Crippen molar-refractivity contribution in [3.05, 3.63) is 0 Å². The third-order valence-electron chi connectivity index (χ3n) is 2.13. The molecule has 62 valence electrons. The van der Waals surface area contributed by atoms with E-state index in [1.54, 1.807) is 0 Å². The first-order chi connectivity index (χ1) is 5.20. The van der Waals surface area contributed by atoms with Gasteiger partial charge in [0.1, 0.15) is 5.78 Å². The van der Waals surface area contributed by atoms with Crippen LogP contribution in [-0.2, 0) is 9.59 Å². The molecule has 2 N–H and O–H groups in total. The first kappa shape index (κ1) is 8.24. The highest BCUT2D eigenvalue weighted by Crippen LogP contribution is 2.19. The van der Waals surface area contributed by atoms with Crippen molar-refractivity contribution in [2.24, 2.45) is 11.7 Å². The molecule has 0 aromatic carbocycles. The van der Waals surface area contributed by atoms with E-state index < -0.39 is 0 Å². The lowest BCUT2D eigenvalue weighted by atomic mass is 10.00. The van der Waals surface area contributed by atoms with Crippen molar-refractivity contribution < 1.29 is 9.59 Å². The lowest BCUT2D eigenvalue weighted by Gasteiger charge is -2.06. The van der Waals surface area contributed by atoms with Gasteiger partial charge in [-0.15, -0.1) is 0 Å². The molecule has 3 heteroatoms. The van der Waals surface area contributed by atoms with Crippen molar-refractivity contribution in [2.75, 3.05) is 0 Å². The molecule has 1 amide bonds. The molecule has 0 aliphatic heterocycles. The van der Waals surface area contributed by atoms with Crippen molar-refractivity contribution in [1.29, 1.82) is 0 Å².